The van der Waals surface area contributed by atoms with Gasteiger partial charge in [0.15, 0.2) is 0 Å². The maximum Gasteiger partial charge on any atom is 0.324 e. The number of nitro groups is 1. The zero-order valence-corrected chi connectivity index (χ0v) is 10.7. The first-order valence-corrected chi connectivity index (χ1v) is 5.63. The van der Waals surface area contributed by atoms with Crippen molar-refractivity contribution in [3.8, 4) is 11.8 Å². The number of anilines is 1. The summed E-state index contributed by atoms with van der Waals surface area (Å²) in [5.74, 6) is 0.0534. The lowest BCUT2D eigenvalue weighted by molar-refractivity contribution is -0.385. The van der Waals surface area contributed by atoms with E-state index in [1.165, 1.54) is 18.3 Å². The van der Waals surface area contributed by atoms with Gasteiger partial charge in [-0.05, 0) is 6.07 Å². The molecule has 7 nitrogen and oxygen atoms in total. The number of nitrogen functional groups attached to an aromatic ring is 1. The maximum atomic E-state index is 10.9. The SMILES string of the molecule is Nc1ccnc(Oc2cc(Cl)c(Cl)cc2[N+](=O)[O-])n1. The number of aromatic nitrogens is 2. The van der Waals surface area contributed by atoms with Gasteiger partial charge in [-0.25, -0.2) is 4.98 Å². The van der Waals surface area contributed by atoms with E-state index in [1.807, 2.05) is 0 Å². The zero-order chi connectivity index (χ0) is 14.0. The highest BCUT2D eigenvalue weighted by atomic mass is 35.5. The highest BCUT2D eigenvalue weighted by Crippen LogP contribution is 2.37. The molecule has 9 heteroatoms. The first-order chi connectivity index (χ1) is 8.97. The molecule has 2 rings (SSSR count). The standard InChI is InChI=1S/C10H6Cl2N4O3/c11-5-3-7(16(17)18)8(4-6(5)12)19-10-14-2-1-9(13)15-10/h1-4H,(H2,13,14,15). The minimum Gasteiger partial charge on any atom is -0.417 e. The molecule has 0 radical (unpaired) electrons. The van der Waals surface area contributed by atoms with E-state index >= 15 is 0 Å². The van der Waals surface area contributed by atoms with Gasteiger partial charge in [-0.1, -0.05) is 23.2 Å². The molecule has 0 aliphatic heterocycles. The molecule has 2 aromatic rings. The predicted molar refractivity (Wildman–Crippen MR) is 69.6 cm³/mol. The summed E-state index contributed by atoms with van der Waals surface area (Å²) < 4.78 is 5.20. The van der Waals surface area contributed by atoms with Crippen molar-refractivity contribution in [2.75, 3.05) is 5.73 Å². The molecule has 2 N–H and O–H groups in total. The molecule has 1 heterocycles. The summed E-state index contributed by atoms with van der Waals surface area (Å²) in [6.07, 6.45) is 1.36. The third-order valence-electron chi connectivity index (χ3n) is 2.05. The Balaban J connectivity index is 2.44. The van der Waals surface area contributed by atoms with Crippen LogP contribution in [0.1, 0.15) is 0 Å². The normalized spacial score (nSPS) is 10.2. The summed E-state index contributed by atoms with van der Waals surface area (Å²) in [7, 11) is 0. The van der Waals surface area contributed by atoms with Gasteiger partial charge in [0.2, 0.25) is 5.75 Å². The van der Waals surface area contributed by atoms with Crippen LogP contribution < -0.4 is 10.5 Å². The highest BCUT2D eigenvalue weighted by molar-refractivity contribution is 6.42. The number of nitrogens with two attached hydrogens (primary N) is 1. The van der Waals surface area contributed by atoms with E-state index < -0.39 is 4.92 Å². The summed E-state index contributed by atoms with van der Waals surface area (Å²) in [5.41, 5.74) is 5.11. The molecule has 0 saturated carbocycles. The van der Waals surface area contributed by atoms with Crippen molar-refractivity contribution in [3.63, 3.8) is 0 Å². The number of nitro benzene ring substituents is 1. The zero-order valence-electron chi connectivity index (χ0n) is 9.21. The Labute approximate surface area is 117 Å². The van der Waals surface area contributed by atoms with Crippen LogP contribution in [0.5, 0.6) is 11.8 Å². The third-order valence-corrected chi connectivity index (χ3v) is 2.78. The van der Waals surface area contributed by atoms with Gasteiger partial charge >= 0.3 is 11.7 Å². The molecular weight excluding hydrogens is 295 g/mol. The van der Waals surface area contributed by atoms with Gasteiger partial charge in [0.05, 0.1) is 15.0 Å². The van der Waals surface area contributed by atoms with E-state index in [0.717, 1.165) is 6.07 Å². The van der Waals surface area contributed by atoms with Crippen molar-refractivity contribution < 1.29 is 9.66 Å². The van der Waals surface area contributed by atoms with Crippen LogP contribution in [0.2, 0.25) is 10.0 Å². The van der Waals surface area contributed by atoms with E-state index in [2.05, 4.69) is 9.97 Å². The fraction of sp³-hybridized carbons (Fsp3) is 0. The Bertz CT molecular complexity index is 651. The molecule has 0 spiro atoms. The van der Waals surface area contributed by atoms with Gasteiger partial charge in [0, 0.05) is 18.3 Å². The number of hydrogen-bond donors (Lipinski definition) is 1. The van der Waals surface area contributed by atoms with E-state index in [1.54, 1.807) is 0 Å². The molecular formula is C10H6Cl2N4O3. The molecule has 98 valence electrons. The molecule has 1 aromatic carbocycles. The first-order valence-electron chi connectivity index (χ1n) is 4.87. The Kier molecular flexibility index (Phi) is 3.68. The van der Waals surface area contributed by atoms with Crippen LogP contribution in [0, 0.1) is 10.1 Å². The smallest absolute Gasteiger partial charge is 0.324 e. The quantitative estimate of drug-likeness (QED) is 0.690. The fourth-order valence-electron chi connectivity index (χ4n) is 1.24. The molecule has 0 unspecified atom stereocenters. The van der Waals surface area contributed by atoms with Crippen molar-refractivity contribution in [2.45, 2.75) is 0 Å². The number of rotatable bonds is 3. The van der Waals surface area contributed by atoms with Crippen LogP contribution in [0.25, 0.3) is 0 Å². The van der Waals surface area contributed by atoms with E-state index in [0.29, 0.717) is 0 Å². The number of benzene rings is 1. The lowest BCUT2D eigenvalue weighted by Gasteiger charge is -2.06. The topological polar surface area (TPSA) is 104 Å². The average Bonchev–Trinajstić information content (AvgIpc) is 2.33. The molecule has 0 aliphatic carbocycles. The summed E-state index contributed by atoms with van der Waals surface area (Å²) in [4.78, 5) is 17.8. The second-order valence-electron chi connectivity index (χ2n) is 3.36. The second kappa shape index (κ2) is 5.25. The Morgan fingerprint density at radius 1 is 1.32 bits per heavy atom. The van der Waals surface area contributed by atoms with Crippen LogP contribution in [0.15, 0.2) is 24.4 Å². The van der Waals surface area contributed by atoms with Crippen LogP contribution in [-0.4, -0.2) is 14.9 Å². The molecule has 0 saturated heterocycles. The van der Waals surface area contributed by atoms with Gasteiger partial charge in [-0.2, -0.15) is 4.98 Å². The minimum atomic E-state index is -0.649. The average molecular weight is 301 g/mol. The minimum absolute atomic E-state index is 0.0502. The van der Waals surface area contributed by atoms with Crippen LogP contribution in [0.4, 0.5) is 11.5 Å². The molecule has 0 fully saturated rings. The van der Waals surface area contributed by atoms with Gasteiger partial charge in [-0.3, -0.25) is 10.1 Å². The van der Waals surface area contributed by atoms with E-state index in [-0.39, 0.29) is 33.3 Å². The van der Waals surface area contributed by atoms with E-state index in [9.17, 15) is 10.1 Å². The molecule has 0 aliphatic rings. The second-order valence-corrected chi connectivity index (χ2v) is 4.17. The van der Waals surface area contributed by atoms with Crippen LogP contribution >= 0.6 is 23.2 Å². The first kappa shape index (κ1) is 13.3. The van der Waals surface area contributed by atoms with Gasteiger partial charge in [0.1, 0.15) is 5.82 Å². The molecule has 19 heavy (non-hydrogen) atoms. The fourth-order valence-corrected chi connectivity index (χ4v) is 1.56. The number of nitrogens with zero attached hydrogens (tertiary/aromatic N) is 3. The third kappa shape index (κ3) is 3.01. The van der Waals surface area contributed by atoms with E-state index in [4.69, 9.17) is 33.7 Å². The van der Waals surface area contributed by atoms with Crippen molar-refractivity contribution in [1.29, 1.82) is 0 Å². The van der Waals surface area contributed by atoms with Gasteiger partial charge in [0.25, 0.3) is 0 Å². The molecule has 0 atom stereocenters. The Morgan fingerprint density at radius 3 is 2.63 bits per heavy atom. The molecule has 0 amide bonds. The largest absolute Gasteiger partial charge is 0.417 e. The Morgan fingerprint density at radius 2 is 2.00 bits per heavy atom. The van der Waals surface area contributed by atoms with Crippen molar-refractivity contribution in [1.82, 2.24) is 9.97 Å². The number of ether oxygens (including phenoxy) is 1. The monoisotopic (exact) mass is 300 g/mol. The highest BCUT2D eigenvalue weighted by Gasteiger charge is 2.20. The summed E-state index contributed by atoms with van der Waals surface area (Å²) in [5, 5.41) is 11.1. The van der Waals surface area contributed by atoms with Crippen LogP contribution in [0.3, 0.4) is 0 Å². The lowest BCUT2D eigenvalue weighted by Crippen LogP contribution is -1.98. The van der Waals surface area contributed by atoms with Crippen molar-refractivity contribution in [3.05, 3.63) is 44.6 Å². The van der Waals surface area contributed by atoms with Crippen LogP contribution in [-0.2, 0) is 0 Å². The molecule has 1 aromatic heterocycles. The predicted octanol–water partition coefficient (Wildman–Crippen LogP) is 3.07. The maximum absolute atomic E-state index is 10.9. The summed E-state index contributed by atoms with van der Waals surface area (Å²) in [6, 6.07) is 3.64. The number of halogens is 2. The Hall–Kier alpha value is -2.12. The summed E-state index contributed by atoms with van der Waals surface area (Å²) in [6.45, 7) is 0. The lowest BCUT2D eigenvalue weighted by atomic mass is 10.3. The van der Waals surface area contributed by atoms with Gasteiger partial charge in [-0.15, -0.1) is 0 Å². The van der Waals surface area contributed by atoms with Crippen molar-refractivity contribution >= 4 is 34.7 Å². The summed E-state index contributed by atoms with van der Waals surface area (Å²) >= 11 is 11.5. The van der Waals surface area contributed by atoms with Crippen molar-refractivity contribution in [2.24, 2.45) is 0 Å². The van der Waals surface area contributed by atoms with Gasteiger partial charge < -0.3 is 10.5 Å². The molecule has 0 bridgehead atoms. The number of hydrogen-bond acceptors (Lipinski definition) is 6.